The number of carbonyl (C=O) groups is 1. The van der Waals surface area contributed by atoms with Gasteiger partial charge in [-0.15, -0.1) is 0 Å². The summed E-state index contributed by atoms with van der Waals surface area (Å²) in [4.78, 5) is 21.2. The van der Waals surface area contributed by atoms with Gasteiger partial charge in [0.25, 0.3) is 5.91 Å². The summed E-state index contributed by atoms with van der Waals surface area (Å²) in [5.41, 5.74) is 0.430. The van der Waals surface area contributed by atoms with Gasteiger partial charge in [-0.1, -0.05) is 12.1 Å². The van der Waals surface area contributed by atoms with E-state index in [1.807, 2.05) is 0 Å². The highest BCUT2D eigenvalue weighted by molar-refractivity contribution is 7.89. The highest BCUT2D eigenvalue weighted by Crippen LogP contribution is 2.35. The summed E-state index contributed by atoms with van der Waals surface area (Å²) in [5, 5.41) is 0. The average molecular weight is 376 g/mol. The number of ether oxygens (including phenoxy) is 1. The Labute approximate surface area is 151 Å². The molecule has 2 aliphatic heterocycles. The Morgan fingerprint density at radius 1 is 1.27 bits per heavy atom. The molecule has 0 spiro atoms. The molecule has 1 fully saturated rings. The fraction of sp³-hybridized carbons (Fsp3) is 0.412. The number of carbonyl (C=O) groups excluding carboxylic acids is 1. The van der Waals surface area contributed by atoms with Crippen LogP contribution in [0.1, 0.15) is 23.3 Å². The number of nitrogens with one attached hydrogen (secondary N) is 1. The molecule has 8 nitrogen and oxygen atoms in total. The normalized spacial score (nSPS) is 25.3. The highest BCUT2D eigenvalue weighted by atomic mass is 32.2. The minimum atomic E-state index is -3.64. The topological polar surface area (TPSA) is 95.6 Å². The maximum Gasteiger partial charge on any atom is 0.271 e. The lowest BCUT2D eigenvalue weighted by Gasteiger charge is -2.28. The molecule has 1 saturated heterocycles. The molecule has 3 heterocycles. The number of aromatic nitrogens is 2. The first-order chi connectivity index (χ1) is 12.5. The van der Waals surface area contributed by atoms with Crippen molar-refractivity contribution in [3.63, 3.8) is 0 Å². The lowest BCUT2D eigenvalue weighted by Crippen LogP contribution is -2.44. The van der Waals surface area contributed by atoms with Crippen molar-refractivity contribution in [1.82, 2.24) is 19.2 Å². The molecule has 0 radical (unpaired) electrons. The largest absolute Gasteiger partial charge is 0.487 e. The van der Waals surface area contributed by atoms with Crippen LogP contribution in [-0.4, -0.2) is 65.8 Å². The molecule has 2 aromatic rings. The summed E-state index contributed by atoms with van der Waals surface area (Å²) in [7, 11) is -2.05. The van der Waals surface area contributed by atoms with Crippen molar-refractivity contribution in [1.29, 1.82) is 0 Å². The number of fused-ring (bicyclic) bond motifs is 2. The predicted molar refractivity (Wildman–Crippen MR) is 93.3 cm³/mol. The molecule has 138 valence electrons. The second kappa shape index (κ2) is 6.40. The van der Waals surface area contributed by atoms with E-state index in [-0.39, 0.29) is 22.9 Å². The van der Waals surface area contributed by atoms with Gasteiger partial charge in [0.2, 0.25) is 10.0 Å². The van der Waals surface area contributed by atoms with E-state index in [9.17, 15) is 13.2 Å². The fourth-order valence-electron chi connectivity index (χ4n) is 3.62. The summed E-state index contributed by atoms with van der Waals surface area (Å²) < 4.78 is 33.4. The molecule has 4 rings (SSSR count). The third-order valence-corrected chi connectivity index (χ3v) is 7.00. The molecule has 1 amide bonds. The van der Waals surface area contributed by atoms with E-state index in [2.05, 4.69) is 9.97 Å². The maximum atomic E-state index is 12.9. The smallest absolute Gasteiger partial charge is 0.271 e. The highest BCUT2D eigenvalue weighted by Gasteiger charge is 2.41. The number of hydrogen-bond acceptors (Lipinski definition) is 5. The molecule has 1 aromatic heterocycles. The van der Waals surface area contributed by atoms with Gasteiger partial charge in [0, 0.05) is 26.6 Å². The molecule has 0 unspecified atom stereocenters. The first kappa shape index (κ1) is 17.0. The molecular weight excluding hydrogens is 356 g/mol. The molecule has 0 saturated carbocycles. The van der Waals surface area contributed by atoms with Crippen LogP contribution >= 0.6 is 0 Å². The molecule has 2 atom stereocenters. The quantitative estimate of drug-likeness (QED) is 0.804. The Balaban J connectivity index is 1.63. The van der Waals surface area contributed by atoms with Crippen molar-refractivity contribution < 1.29 is 17.9 Å². The molecule has 1 N–H and O–H groups in total. The SMILES string of the molecule is CN1[C@@H]2CCN(C(=O)c3cnc[nH]3)CC[C@H]2Oc2ccccc2S1(=O)=O. The minimum absolute atomic E-state index is 0.134. The van der Waals surface area contributed by atoms with E-state index < -0.39 is 10.0 Å². The number of likely N-dealkylation sites (N-methyl/N-ethyl adjacent to an activating group) is 1. The number of hydrogen-bond donors (Lipinski definition) is 1. The van der Waals surface area contributed by atoms with Gasteiger partial charge in [0.05, 0.1) is 18.6 Å². The second-order valence-corrected chi connectivity index (χ2v) is 8.49. The van der Waals surface area contributed by atoms with Gasteiger partial charge in [-0.2, -0.15) is 4.31 Å². The van der Waals surface area contributed by atoms with Crippen LogP contribution < -0.4 is 4.74 Å². The predicted octanol–water partition coefficient (Wildman–Crippen LogP) is 1.10. The number of sulfonamides is 1. The van der Waals surface area contributed by atoms with Crippen molar-refractivity contribution in [3.05, 3.63) is 42.5 Å². The van der Waals surface area contributed by atoms with Crippen molar-refractivity contribution in [3.8, 4) is 5.75 Å². The monoisotopic (exact) mass is 376 g/mol. The van der Waals surface area contributed by atoms with Gasteiger partial charge in [-0.05, 0) is 18.6 Å². The third kappa shape index (κ3) is 2.77. The Morgan fingerprint density at radius 2 is 2.04 bits per heavy atom. The van der Waals surface area contributed by atoms with Crippen LogP contribution in [0.5, 0.6) is 5.75 Å². The van der Waals surface area contributed by atoms with E-state index in [1.165, 1.54) is 16.8 Å². The van der Waals surface area contributed by atoms with Crippen LogP contribution in [0.15, 0.2) is 41.7 Å². The Morgan fingerprint density at radius 3 is 2.81 bits per heavy atom. The number of aromatic amines is 1. The molecule has 26 heavy (non-hydrogen) atoms. The van der Waals surface area contributed by atoms with E-state index in [0.29, 0.717) is 37.4 Å². The van der Waals surface area contributed by atoms with E-state index >= 15 is 0 Å². The number of benzene rings is 1. The molecular formula is C17H20N4O4S. The molecule has 1 aromatic carbocycles. The second-order valence-electron chi connectivity index (χ2n) is 6.53. The summed E-state index contributed by atoms with van der Waals surface area (Å²) in [6.07, 6.45) is 3.72. The number of nitrogens with zero attached hydrogens (tertiary/aromatic N) is 3. The van der Waals surface area contributed by atoms with E-state index in [4.69, 9.17) is 4.74 Å². The zero-order chi connectivity index (χ0) is 18.3. The number of H-pyrrole nitrogens is 1. The van der Waals surface area contributed by atoms with Crippen LogP contribution in [-0.2, 0) is 10.0 Å². The Bertz CT molecular complexity index is 913. The zero-order valence-electron chi connectivity index (χ0n) is 14.3. The van der Waals surface area contributed by atoms with Gasteiger partial charge >= 0.3 is 0 Å². The number of imidazole rings is 1. The lowest BCUT2D eigenvalue weighted by molar-refractivity contribution is 0.0750. The molecule has 9 heteroatoms. The average Bonchev–Trinajstić information content (AvgIpc) is 3.07. The maximum absolute atomic E-state index is 12.9. The van der Waals surface area contributed by atoms with Crippen molar-refractivity contribution in [2.24, 2.45) is 0 Å². The van der Waals surface area contributed by atoms with Crippen LogP contribution in [0.4, 0.5) is 0 Å². The van der Waals surface area contributed by atoms with Crippen LogP contribution in [0, 0.1) is 0 Å². The van der Waals surface area contributed by atoms with Crippen LogP contribution in [0.3, 0.4) is 0 Å². The van der Waals surface area contributed by atoms with Gasteiger partial charge in [0.15, 0.2) is 0 Å². The zero-order valence-corrected chi connectivity index (χ0v) is 15.1. The summed E-state index contributed by atoms with van der Waals surface area (Å²) in [6, 6.07) is 6.38. The summed E-state index contributed by atoms with van der Waals surface area (Å²) in [6.45, 7) is 0.952. The van der Waals surface area contributed by atoms with Crippen LogP contribution in [0.25, 0.3) is 0 Å². The van der Waals surface area contributed by atoms with Crippen molar-refractivity contribution in [2.45, 2.75) is 29.9 Å². The Hall–Kier alpha value is -2.39. The molecule has 0 bridgehead atoms. The van der Waals surface area contributed by atoms with Gasteiger partial charge in [-0.3, -0.25) is 4.79 Å². The number of rotatable bonds is 1. The summed E-state index contributed by atoms with van der Waals surface area (Å²) in [5.74, 6) is 0.241. The number of amides is 1. The Kier molecular flexibility index (Phi) is 4.20. The third-order valence-electron chi connectivity index (χ3n) is 5.07. The van der Waals surface area contributed by atoms with Gasteiger partial charge in [0.1, 0.15) is 22.4 Å². The number of para-hydroxylation sites is 1. The number of likely N-dealkylation sites (tertiary alicyclic amines) is 1. The summed E-state index contributed by atoms with van der Waals surface area (Å²) >= 11 is 0. The first-order valence-electron chi connectivity index (χ1n) is 8.50. The van der Waals surface area contributed by atoms with Crippen LogP contribution in [0.2, 0.25) is 0 Å². The molecule has 2 aliphatic rings. The van der Waals surface area contributed by atoms with Crippen molar-refractivity contribution in [2.75, 3.05) is 20.1 Å². The molecule has 0 aliphatic carbocycles. The fourth-order valence-corrected chi connectivity index (χ4v) is 5.15. The van der Waals surface area contributed by atoms with Gasteiger partial charge in [-0.25, -0.2) is 13.4 Å². The standard InChI is InChI=1S/C17H20N4O4S/c1-20-13-6-8-21(17(22)12-10-18-11-19-12)9-7-14(13)25-15-4-2-3-5-16(15)26(20,23)24/h2-5,10-11,13-14H,6-9H2,1H3,(H,18,19)/t13-,14-/m1/s1. The van der Waals surface area contributed by atoms with E-state index in [0.717, 1.165) is 0 Å². The van der Waals surface area contributed by atoms with Crippen molar-refractivity contribution >= 4 is 15.9 Å². The first-order valence-corrected chi connectivity index (χ1v) is 9.94. The van der Waals surface area contributed by atoms with Gasteiger partial charge < -0.3 is 14.6 Å². The van der Waals surface area contributed by atoms with E-state index in [1.54, 1.807) is 36.2 Å². The minimum Gasteiger partial charge on any atom is -0.487 e. The lowest BCUT2D eigenvalue weighted by atomic mass is 10.1.